The second kappa shape index (κ2) is 5.91. The summed E-state index contributed by atoms with van der Waals surface area (Å²) < 4.78 is 0. The van der Waals surface area contributed by atoms with Crippen molar-refractivity contribution in [3.05, 3.63) is 0 Å². The van der Waals surface area contributed by atoms with Crippen LogP contribution >= 0.6 is 0 Å². The van der Waals surface area contributed by atoms with E-state index in [9.17, 15) is 5.11 Å². The zero-order valence-corrected chi connectivity index (χ0v) is 13.1. The molecule has 4 heteroatoms. The molecule has 0 radical (unpaired) electrons. The van der Waals surface area contributed by atoms with Crippen LogP contribution in [0.5, 0.6) is 0 Å². The van der Waals surface area contributed by atoms with Crippen molar-refractivity contribution < 1.29 is 5.11 Å². The third kappa shape index (κ3) is 3.03. The summed E-state index contributed by atoms with van der Waals surface area (Å²) >= 11 is 0. The van der Waals surface area contributed by atoms with Crippen LogP contribution in [-0.4, -0.2) is 71.4 Å². The second-order valence-electron chi connectivity index (χ2n) is 7.23. The zero-order chi connectivity index (χ0) is 14.2. The summed E-state index contributed by atoms with van der Waals surface area (Å²) in [6, 6.07) is 2.04. The van der Waals surface area contributed by atoms with Crippen molar-refractivity contribution in [1.82, 2.24) is 15.1 Å². The molecule has 0 amide bonds. The minimum atomic E-state index is 0.0248. The Morgan fingerprint density at radius 2 is 2.05 bits per heavy atom. The number of likely N-dealkylation sites (N-methyl/N-ethyl adjacent to an activating group) is 1. The topological polar surface area (TPSA) is 38.7 Å². The molecule has 116 valence electrons. The summed E-state index contributed by atoms with van der Waals surface area (Å²) in [5.74, 6) is 0. The molecule has 3 rings (SSSR count). The fourth-order valence-corrected chi connectivity index (χ4v) is 4.22. The van der Waals surface area contributed by atoms with Gasteiger partial charge in [-0.1, -0.05) is 6.92 Å². The number of nitrogens with one attached hydrogen (secondary N) is 1. The van der Waals surface area contributed by atoms with Gasteiger partial charge in [-0.3, -0.25) is 9.80 Å². The summed E-state index contributed by atoms with van der Waals surface area (Å²) in [4.78, 5) is 5.26. The second-order valence-corrected chi connectivity index (χ2v) is 7.23. The summed E-state index contributed by atoms with van der Waals surface area (Å²) in [5.41, 5.74) is 0.0248. The maximum absolute atomic E-state index is 9.85. The summed E-state index contributed by atoms with van der Waals surface area (Å²) in [6.45, 7) is 9.70. The van der Waals surface area contributed by atoms with Crippen LogP contribution in [0.25, 0.3) is 0 Å². The van der Waals surface area contributed by atoms with E-state index < -0.39 is 0 Å². The molecule has 2 N–H and O–H groups in total. The van der Waals surface area contributed by atoms with E-state index in [1.165, 1.54) is 45.4 Å². The van der Waals surface area contributed by atoms with Gasteiger partial charge in [0.2, 0.25) is 0 Å². The van der Waals surface area contributed by atoms with Crippen molar-refractivity contribution in [2.24, 2.45) is 0 Å². The first-order chi connectivity index (χ1) is 9.65. The quantitative estimate of drug-likeness (QED) is 0.790. The molecule has 0 aromatic carbocycles. The molecule has 3 aliphatic rings. The fourth-order valence-electron chi connectivity index (χ4n) is 4.22. The number of aliphatic hydroxyl groups is 1. The minimum absolute atomic E-state index is 0.0248. The monoisotopic (exact) mass is 281 g/mol. The van der Waals surface area contributed by atoms with Crippen molar-refractivity contribution in [3.63, 3.8) is 0 Å². The van der Waals surface area contributed by atoms with Crippen molar-refractivity contribution >= 4 is 0 Å². The summed E-state index contributed by atoms with van der Waals surface area (Å²) in [5, 5.41) is 13.6. The third-order valence-corrected chi connectivity index (χ3v) is 5.69. The highest BCUT2D eigenvalue weighted by atomic mass is 16.3. The van der Waals surface area contributed by atoms with Crippen LogP contribution in [0.4, 0.5) is 0 Å². The van der Waals surface area contributed by atoms with Gasteiger partial charge >= 0.3 is 0 Å². The third-order valence-electron chi connectivity index (χ3n) is 5.69. The van der Waals surface area contributed by atoms with Crippen LogP contribution in [0.1, 0.15) is 46.0 Å². The van der Waals surface area contributed by atoms with Gasteiger partial charge in [-0.05, 0) is 45.6 Å². The lowest BCUT2D eigenvalue weighted by Gasteiger charge is -2.42. The lowest BCUT2D eigenvalue weighted by atomic mass is 9.97. The predicted molar refractivity (Wildman–Crippen MR) is 81.9 cm³/mol. The highest BCUT2D eigenvalue weighted by molar-refractivity contribution is 5.03. The molecule has 3 unspecified atom stereocenters. The number of hydrogen-bond acceptors (Lipinski definition) is 4. The molecular formula is C16H31N3O. The number of rotatable bonds is 5. The molecule has 0 spiro atoms. The maximum atomic E-state index is 9.85. The van der Waals surface area contributed by atoms with Gasteiger partial charge in [-0.15, -0.1) is 0 Å². The van der Waals surface area contributed by atoms with Crippen LogP contribution < -0.4 is 5.32 Å². The van der Waals surface area contributed by atoms with Gasteiger partial charge < -0.3 is 10.4 Å². The van der Waals surface area contributed by atoms with Crippen LogP contribution in [-0.2, 0) is 0 Å². The Balaban J connectivity index is 1.56. The lowest BCUT2D eigenvalue weighted by molar-refractivity contribution is 0.0549. The van der Waals surface area contributed by atoms with Crippen LogP contribution in [0.2, 0.25) is 0 Å². The first-order valence-corrected chi connectivity index (χ1v) is 8.52. The molecular weight excluding hydrogens is 250 g/mol. The smallest absolute Gasteiger partial charge is 0.0614 e. The van der Waals surface area contributed by atoms with E-state index in [1.54, 1.807) is 0 Å². The molecule has 0 aromatic rings. The molecule has 2 saturated carbocycles. The van der Waals surface area contributed by atoms with Crippen LogP contribution in [0.15, 0.2) is 0 Å². The average Bonchev–Trinajstić information content (AvgIpc) is 3.16. The molecule has 3 atom stereocenters. The zero-order valence-electron chi connectivity index (χ0n) is 13.1. The molecule has 1 saturated heterocycles. The average molecular weight is 281 g/mol. The highest BCUT2D eigenvalue weighted by Crippen LogP contribution is 2.36. The van der Waals surface area contributed by atoms with E-state index in [0.717, 1.165) is 12.8 Å². The van der Waals surface area contributed by atoms with Gasteiger partial charge in [0.25, 0.3) is 0 Å². The van der Waals surface area contributed by atoms with Gasteiger partial charge in [0.15, 0.2) is 0 Å². The van der Waals surface area contributed by atoms with Gasteiger partial charge in [0.05, 0.1) is 6.61 Å². The van der Waals surface area contributed by atoms with E-state index in [1.807, 2.05) is 0 Å². The van der Waals surface area contributed by atoms with E-state index in [4.69, 9.17) is 0 Å². The Labute approximate surface area is 123 Å². The molecule has 20 heavy (non-hydrogen) atoms. The van der Waals surface area contributed by atoms with E-state index >= 15 is 0 Å². The Hall–Kier alpha value is -0.160. The number of hydrogen-bond donors (Lipinski definition) is 2. The van der Waals surface area contributed by atoms with Crippen molar-refractivity contribution in [2.75, 3.05) is 32.8 Å². The highest BCUT2D eigenvalue weighted by Gasteiger charge is 2.44. The largest absolute Gasteiger partial charge is 0.394 e. The Morgan fingerprint density at radius 3 is 2.65 bits per heavy atom. The number of nitrogens with zero attached hydrogens (tertiary/aromatic N) is 2. The standard InChI is InChI=1S/C16H31N3O/c1-3-18-8-9-19(11-13(18)2)15-6-7-16(10-15,12-20)17-14-4-5-14/h13-15,17,20H,3-12H2,1-2H3. The van der Waals surface area contributed by atoms with Crippen molar-refractivity contribution in [3.8, 4) is 0 Å². The van der Waals surface area contributed by atoms with Crippen LogP contribution in [0, 0.1) is 0 Å². The maximum Gasteiger partial charge on any atom is 0.0614 e. The first kappa shape index (κ1) is 14.8. The SMILES string of the molecule is CCN1CCN(C2CCC(CO)(NC3CC3)C2)CC1C. The van der Waals surface area contributed by atoms with Crippen molar-refractivity contribution in [2.45, 2.75) is 69.6 Å². The molecule has 2 aliphatic carbocycles. The molecule has 1 heterocycles. The molecule has 4 nitrogen and oxygen atoms in total. The number of piperazine rings is 1. The van der Waals surface area contributed by atoms with E-state index in [2.05, 4.69) is 29.0 Å². The molecule has 0 aromatic heterocycles. The van der Waals surface area contributed by atoms with Gasteiger partial charge in [-0.2, -0.15) is 0 Å². The Bertz CT molecular complexity index is 334. The number of aliphatic hydroxyl groups excluding tert-OH is 1. The van der Waals surface area contributed by atoms with Gasteiger partial charge in [0, 0.05) is 43.3 Å². The van der Waals surface area contributed by atoms with Crippen molar-refractivity contribution in [1.29, 1.82) is 0 Å². The Kier molecular flexibility index (Phi) is 4.37. The Morgan fingerprint density at radius 1 is 1.25 bits per heavy atom. The van der Waals surface area contributed by atoms with Crippen LogP contribution in [0.3, 0.4) is 0 Å². The normalized spacial score (nSPS) is 40.4. The molecule has 3 fully saturated rings. The lowest BCUT2D eigenvalue weighted by Crippen LogP contribution is -2.55. The van der Waals surface area contributed by atoms with E-state index in [-0.39, 0.29) is 5.54 Å². The fraction of sp³-hybridized carbons (Fsp3) is 1.00. The molecule has 1 aliphatic heterocycles. The minimum Gasteiger partial charge on any atom is -0.394 e. The van der Waals surface area contributed by atoms with E-state index in [0.29, 0.717) is 24.7 Å². The van der Waals surface area contributed by atoms with Gasteiger partial charge in [-0.25, -0.2) is 0 Å². The summed E-state index contributed by atoms with van der Waals surface area (Å²) in [6.07, 6.45) is 6.14. The summed E-state index contributed by atoms with van der Waals surface area (Å²) in [7, 11) is 0. The molecule has 0 bridgehead atoms. The first-order valence-electron chi connectivity index (χ1n) is 8.52. The predicted octanol–water partition coefficient (Wildman–Crippen LogP) is 1.05. The van der Waals surface area contributed by atoms with Gasteiger partial charge in [0.1, 0.15) is 0 Å².